The Morgan fingerprint density at radius 2 is 1.89 bits per heavy atom. The van der Waals surface area contributed by atoms with Crippen LogP contribution in [0.25, 0.3) is 0 Å². The van der Waals surface area contributed by atoms with Crippen molar-refractivity contribution in [2.24, 2.45) is 0 Å². The summed E-state index contributed by atoms with van der Waals surface area (Å²) in [5.74, 6) is 0. The quantitative estimate of drug-likeness (QED) is 0.809. The van der Waals surface area contributed by atoms with Crippen LogP contribution in [0.1, 0.15) is 18.9 Å². The molecule has 1 fully saturated rings. The fourth-order valence-corrected chi connectivity index (χ4v) is 2.51. The fraction of sp³-hybridized carbons (Fsp3) is 0.467. The monoisotopic (exact) mass is 254 g/mol. The number of rotatable bonds is 2. The molecule has 0 saturated carbocycles. The van der Waals surface area contributed by atoms with Crippen molar-refractivity contribution >= 4 is 5.69 Å². The van der Waals surface area contributed by atoms with Gasteiger partial charge in [0.05, 0.1) is 30.2 Å². The third-order valence-electron chi connectivity index (χ3n) is 3.81. The molecular weight excluding hydrogens is 236 g/mol. The maximum Gasteiger partial charge on any atom is 0.0991 e. The number of piperazine rings is 1. The normalized spacial score (nSPS) is 23.7. The van der Waals surface area contributed by atoms with Crippen LogP contribution in [-0.4, -0.2) is 37.1 Å². The summed E-state index contributed by atoms with van der Waals surface area (Å²) in [5.41, 5.74) is 1.77. The summed E-state index contributed by atoms with van der Waals surface area (Å²) in [6.07, 6.45) is 0.525. The standard InChI is InChI=1S/C15H18N4/c1-12-10-19(15(7-8-16)11-18(12)2)14-5-3-13(9-17)4-6-14/h3-6,12,15H,7,10-11H2,1-2H3. The lowest BCUT2D eigenvalue weighted by Gasteiger charge is -2.44. The average molecular weight is 254 g/mol. The summed E-state index contributed by atoms with van der Waals surface area (Å²) in [5, 5.41) is 17.8. The minimum Gasteiger partial charge on any atom is -0.365 e. The van der Waals surface area contributed by atoms with E-state index in [9.17, 15) is 0 Å². The van der Waals surface area contributed by atoms with Crippen molar-refractivity contribution in [3.8, 4) is 12.1 Å². The molecule has 1 heterocycles. The minimum atomic E-state index is 0.221. The lowest BCUT2D eigenvalue weighted by atomic mass is 10.0. The molecule has 0 aliphatic carbocycles. The predicted octanol–water partition coefficient (Wildman–Crippen LogP) is 1.98. The van der Waals surface area contributed by atoms with Gasteiger partial charge in [0.1, 0.15) is 0 Å². The van der Waals surface area contributed by atoms with Gasteiger partial charge in [-0.1, -0.05) is 0 Å². The van der Waals surface area contributed by atoms with Crippen molar-refractivity contribution in [3.63, 3.8) is 0 Å². The van der Waals surface area contributed by atoms with Crippen LogP contribution in [-0.2, 0) is 0 Å². The number of likely N-dealkylation sites (N-methyl/N-ethyl adjacent to an activating group) is 1. The van der Waals surface area contributed by atoms with E-state index >= 15 is 0 Å². The Bertz CT molecular complexity index is 508. The van der Waals surface area contributed by atoms with E-state index in [1.54, 1.807) is 0 Å². The largest absolute Gasteiger partial charge is 0.365 e. The summed E-state index contributed by atoms with van der Waals surface area (Å²) < 4.78 is 0. The third kappa shape index (κ3) is 2.86. The van der Waals surface area contributed by atoms with Crippen LogP contribution in [0.15, 0.2) is 24.3 Å². The number of hydrogen-bond acceptors (Lipinski definition) is 4. The summed E-state index contributed by atoms with van der Waals surface area (Å²) in [4.78, 5) is 4.58. The van der Waals surface area contributed by atoms with Gasteiger partial charge in [-0.15, -0.1) is 0 Å². The Labute approximate surface area is 114 Å². The number of nitrogens with zero attached hydrogens (tertiary/aromatic N) is 4. The Hall–Kier alpha value is -2.04. The molecule has 2 atom stereocenters. The zero-order chi connectivity index (χ0) is 13.8. The summed E-state index contributed by atoms with van der Waals surface area (Å²) in [6, 6.07) is 12.7. The molecule has 4 heteroatoms. The molecule has 0 bridgehead atoms. The predicted molar refractivity (Wildman–Crippen MR) is 74.6 cm³/mol. The second kappa shape index (κ2) is 5.73. The van der Waals surface area contributed by atoms with E-state index in [-0.39, 0.29) is 6.04 Å². The van der Waals surface area contributed by atoms with E-state index in [4.69, 9.17) is 10.5 Å². The average Bonchev–Trinajstić information content (AvgIpc) is 2.43. The molecule has 0 N–H and O–H groups in total. The van der Waals surface area contributed by atoms with E-state index in [0.29, 0.717) is 18.0 Å². The van der Waals surface area contributed by atoms with Crippen LogP contribution in [0.5, 0.6) is 0 Å². The van der Waals surface area contributed by atoms with Gasteiger partial charge in [-0.05, 0) is 38.2 Å². The molecule has 19 heavy (non-hydrogen) atoms. The highest BCUT2D eigenvalue weighted by Gasteiger charge is 2.29. The Morgan fingerprint density at radius 1 is 1.21 bits per heavy atom. The van der Waals surface area contributed by atoms with E-state index in [2.05, 4.69) is 35.9 Å². The first-order chi connectivity index (χ1) is 9.15. The number of benzene rings is 1. The SMILES string of the molecule is CC1CN(c2ccc(C#N)cc2)C(CC#N)CN1C. The minimum absolute atomic E-state index is 0.221. The highest BCUT2D eigenvalue weighted by molar-refractivity contribution is 5.51. The summed E-state index contributed by atoms with van der Waals surface area (Å²) >= 11 is 0. The molecule has 4 nitrogen and oxygen atoms in total. The van der Waals surface area contributed by atoms with E-state index < -0.39 is 0 Å². The molecule has 0 aromatic heterocycles. The Balaban J connectivity index is 2.23. The number of anilines is 1. The Morgan fingerprint density at radius 3 is 2.47 bits per heavy atom. The van der Waals surface area contributed by atoms with Crippen LogP contribution in [0.3, 0.4) is 0 Å². The first-order valence-electron chi connectivity index (χ1n) is 6.49. The molecule has 2 rings (SSSR count). The third-order valence-corrected chi connectivity index (χ3v) is 3.81. The Kier molecular flexibility index (Phi) is 4.04. The maximum atomic E-state index is 8.98. The van der Waals surface area contributed by atoms with Gasteiger partial charge < -0.3 is 4.90 Å². The smallest absolute Gasteiger partial charge is 0.0991 e. The van der Waals surface area contributed by atoms with Crippen molar-refractivity contribution in [3.05, 3.63) is 29.8 Å². The lowest BCUT2D eigenvalue weighted by Crippen LogP contribution is -2.56. The molecule has 1 aliphatic heterocycles. The maximum absolute atomic E-state index is 8.98. The van der Waals surface area contributed by atoms with Gasteiger partial charge in [-0.2, -0.15) is 10.5 Å². The van der Waals surface area contributed by atoms with Crippen LogP contribution in [0.4, 0.5) is 5.69 Å². The zero-order valence-electron chi connectivity index (χ0n) is 11.4. The number of hydrogen-bond donors (Lipinski definition) is 0. The first-order valence-corrected chi connectivity index (χ1v) is 6.49. The molecule has 0 amide bonds. The van der Waals surface area contributed by atoms with Crippen molar-refractivity contribution in [1.82, 2.24) is 4.90 Å². The van der Waals surface area contributed by atoms with Gasteiger partial charge in [0.25, 0.3) is 0 Å². The zero-order valence-corrected chi connectivity index (χ0v) is 11.4. The van der Waals surface area contributed by atoms with Crippen molar-refractivity contribution in [1.29, 1.82) is 10.5 Å². The van der Waals surface area contributed by atoms with E-state index in [0.717, 1.165) is 18.8 Å². The van der Waals surface area contributed by atoms with E-state index in [1.807, 2.05) is 24.3 Å². The molecule has 0 radical (unpaired) electrons. The highest BCUT2D eigenvalue weighted by Crippen LogP contribution is 2.24. The van der Waals surface area contributed by atoms with Gasteiger partial charge in [-0.25, -0.2) is 0 Å². The van der Waals surface area contributed by atoms with Gasteiger partial charge in [0, 0.05) is 24.8 Å². The second-order valence-electron chi connectivity index (χ2n) is 5.12. The van der Waals surface area contributed by atoms with Crippen molar-refractivity contribution in [2.75, 3.05) is 25.0 Å². The summed E-state index contributed by atoms with van der Waals surface area (Å²) in [6.45, 7) is 4.00. The van der Waals surface area contributed by atoms with Crippen LogP contribution in [0, 0.1) is 22.7 Å². The van der Waals surface area contributed by atoms with Gasteiger partial charge in [-0.3, -0.25) is 4.90 Å². The highest BCUT2D eigenvalue weighted by atomic mass is 15.3. The van der Waals surface area contributed by atoms with Crippen LogP contribution < -0.4 is 4.90 Å². The van der Waals surface area contributed by atoms with Crippen molar-refractivity contribution < 1.29 is 0 Å². The second-order valence-corrected chi connectivity index (χ2v) is 5.12. The van der Waals surface area contributed by atoms with Gasteiger partial charge in [0.15, 0.2) is 0 Å². The molecule has 1 aromatic carbocycles. The van der Waals surface area contributed by atoms with Crippen LogP contribution >= 0.6 is 0 Å². The molecule has 0 spiro atoms. The molecule has 2 unspecified atom stereocenters. The van der Waals surface area contributed by atoms with Gasteiger partial charge in [0.2, 0.25) is 0 Å². The first kappa shape index (κ1) is 13.4. The van der Waals surface area contributed by atoms with Gasteiger partial charge >= 0.3 is 0 Å². The number of nitriles is 2. The molecule has 1 saturated heterocycles. The molecule has 98 valence electrons. The summed E-state index contributed by atoms with van der Waals surface area (Å²) in [7, 11) is 2.10. The van der Waals surface area contributed by atoms with E-state index in [1.165, 1.54) is 0 Å². The molecular formula is C15H18N4. The van der Waals surface area contributed by atoms with Crippen molar-refractivity contribution in [2.45, 2.75) is 25.4 Å². The van der Waals surface area contributed by atoms with Crippen LogP contribution in [0.2, 0.25) is 0 Å². The topological polar surface area (TPSA) is 54.1 Å². The fourth-order valence-electron chi connectivity index (χ4n) is 2.51. The molecule has 1 aliphatic rings. The molecule has 1 aromatic rings. The lowest BCUT2D eigenvalue weighted by molar-refractivity contribution is 0.201.